The van der Waals surface area contributed by atoms with Gasteiger partial charge in [0, 0.05) is 19.3 Å². The highest BCUT2D eigenvalue weighted by atomic mass is 35.5. The first kappa shape index (κ1) is 11.4. The van der Waals surface area contributed by atoms with Gasteiger partial charge in [0.1, 0.15) is 0 Å². The van der Waals surface area contributed by atoms with Crippen molar-refractivity contribution in [1.82, 2.24) is 10.3 Å². The van der Waals surface area contributed by atoms with Crippen LogP contribution in [0.1, 0.15) is 0 Å². The fourth-order valence-corrected chi connectivity index (χ4v) is 1.13. The predicted octanol–water partition coefficient (Wildman–Crippen LogP) is 0.997. The van der Waals surface area contributed by atoms with Gasteiger partial charge in [0.05, 0.1) is 11.4 Å². The largest absolute Gasteiger partial charge is 0.465 e. The third-order valence-corrected chi connectivity index (χ3v) is 1.96. The molecule has 7 heteroatoms. The van der Waals surface area contributed by atoms with Gasteiger partial charge in [0.15, 0.2) is 5.15 Å². The number of halogens is 1. The lowest BCUT2D eigenvalue weighted by atomic mass is 10.3. The number of carboxylic acid groups (broad SMARTS) is 1. The molecule has 82 valence electrons. The Bertz CT molecular complexity index is 358. The minimum Gasteiger partial charge on any atom is -0.465 e. The lowest BCUT2D eigenvalue weighted by molar-refractivity contribution is 0.195. The molecule has 1 heterocycles. The number of amides is 1. The summed E-state index contributed by atoms with van der Waals surface area (Å²) < 4.78 is 0. The van der Waals surface area contributed by atoms with E-state index in [1.807, 2.05) is 0 Å². The Kier molecular flexibility index (Phi) is 3.99. The van der Waals surface area contributed by atoms with Gasteiger partial charge in [-0.25, -0.2) is 9.78 Å². The van der Waals surface area contributed by atoms with Crippen LogP contribution in [0.2, 0.25) is 5.15 Å². The molecule has 0 saturated heterocycles. The average Bonchev–Trinajstić information content (AvgIpc) is 2.18. The summed E-state index contributed by atoms with van der Waals surface area (Å²) in [5.74, 6) is 0. The zero-order valence-corrected chi connectivity index (χ0v) is 8.58. The van der Waals surface area contributed by atoms with Crippen molar-refractivity contribution in [3.63, 3.8) is 0 Å². The van der Waals surface area contributed by atoms with Gasteiger partial charge in [-0.15, -0.1) is 0 Å². The van der Waals surface area contributed by atoms with E-state index in [4.69, 9.17) is 22.4 Å². The predicted molar refractivity (Wildman–Crippen MR) is 58.2 cm³/mol. The number of nitrogens with two attached hydrogens (primary N) is 1. The van der Waals surface area contributed by atoms with Crippen LogP contribution in [-0.4, -0.2) is 29.3 Å². The fraction of sp³-hybridized carbons (Fsp3) is 0.250. The molecule has 1 aromatic rings. The van der Waals surface area contributed by atoms with Gasteiger partial charge in [-0.1, -0.05) is 11.6 Å². The molecular weight excluding hydrogens is 220 g/mol. The summed E-state index contributed by atoms with van der Waals surface area (Å²) in [5, 5.41) is 13.7. The lowest BCUT2D eigenvalue weighted by Crippen LogP contribution is -2.27. The smallest absolute Gasteiger partial charge is 0.404 e. The van der Waals surface area contributed by atoms with E-state index < -0.39 is 6.09 Å². The highest BCUT2D eigenvalue weighted by Crippen LogP contribution is 2.23. The molecule has 0 radical (unpaired) electrons. The monoisotopic (exact) mass is 230 g/mol. The number of pyridine rings is 1. The summed E-state index contributed by atoms with van der Waals surface area (Å²) in [6, 6.07) is 1.67. The zero-order valence-electron chi connectivity index (χ0n) is 7.83. The van der Waals surface area contributed by atoms with Crippen molar-refractivity contribution in [1.29, 1.82) is 0 Å². The molecule has 0 spiro atoms. The van der Waals surface area contributed by atoms with E-state index in [0.29, 0.717) is 17.9 Å². The van der Waals surface area contributed by atoms with Crippen molar-refractivity contribution in [2.45, 2.75) is 0 Å². The standard InChI is InChI=1S/C8H11ClN4O2/c9-7-6(10)5(1-2-12-7)11-3-4-13-8(14)15/h1-2,13H,3-4,10H2,(H,11,12)(H,14,15). The summed E-state index contributed by atoms with van der Waals surface area (Å²) in [5.41, 5.74) is 6.63. The van der Waals surface area contributed by atoms with E-state index in [2.05, 4.69) is 15.6 Å². The van der Waals surface area contributed by atoms with E-state index in [0.717, 1.165) is 0 Å². The second-order valence-corrected chi connectivity index (χ2v) is 3.08. The Morgan fingerprint density at radius 1 is 1.60 bits per heavy atom. The fourth-order valence-electron chi connectivity index (χ4n) is 0.968. The summed E-state index contributed by atoms with van der Waals surface area (Å²) >= 11 is 5.69. The molecule has 1 rings (SSSR count). The molecule has 1 amide bonds. The van der Waals surface area contributed by atoms with Gasteiger partial charge in [0.25, 0.3) is 0 Å². The van der Waals surface area contributed by atoms with E-state index >= 15 is 0 Å². The Labute approximate surface area is 91.4 Å². The zero-order chi connectivity index (χ0) is 11.3. The van der Waals surface area contributed by atoms with Gasteiger partial charge in [-0.2, -0.15) is 0 Å². The van der Waals surface area contributed by atoms with E-state index in [9.17, 15) is 4.79 Å². The first-order valence-corrected chi connectivity index (χ1v) is 4.59. The maximum absolute atomic E-state index is 10.1. The average molecular weight is 231 g/mol. The van der Waals surface area contributed by atoms with Crippen molar-refractivity contribution in [2.75, 3.05) is 24.1 Å². The molecule has 0 aliphatic carbocycles. The first-order chi connectivity index (χ1) is 7.11. The Morgan fingerprint density at radius 2 is 2.33 bits per heavy atom. The molecule has 15 heavy (non-hydrogen) atoms. The maximum Gasteiger partial charge on any atom is 0.404 e. The van der Waals surface area contributed by atoms with Crippen LogP contribution in [0.3, 0.4) is 0 Å². The molecule has 6 nitrogen and oxygen atoms in total. The van der Waals surface area contributed by atoms with Gasteiger partial charge in [-0.3, -0.25) is 0 Å². The number of nitrogens with zero attached hydrogens (tertiary/aromatic N) is 1. The quantitative estimate of drug-likeness (QED) is 0.457. The molecule has 0 aliphatic heterocycles. The third-order valence-electron chi connectivity index (χ3n) is 1.66. The Morgan fingerprint density at radius 3 is 3.00 bits per heavy atom. The Hall–Kier alpha value is -1.69. The number of carbonyl (C=O) groups is 1. The normalized spacial score (nSPS) is 9.67. The molecule has 0 aromatic carbocycles. The summed E-state index contributed by atoms with van der Waals surface area (Å²) in [6.07, 6.45) is 0.462. The molecule has 0 fully saturated rings. The van der Waals surface area contributed by atoms with Crippen LogP contribution < -0.4 is 16.4 Å². The van der Waals surface area contributed by atoms with Crippen molar-refractivity contribution in [3.8, 4) is 0 Å². The maximum atomic E-state index is 10.1. The number of nitrogen functional groups attached to an aromatic ring is 1. The van der Waals surface area contributed by atoms with Gasteiger partial charge >= 0.3 is 6.09 Å². The topological polar surface area (TPSA) is 100 Å². The molecular formula is C8H11ClN4O2. The number of aromatic nitrogens is 1. The molecule has 0 atom stereocenters. The number of rotatable bonds is 4. The van der Waals surface area contributed by atoms with Crippen molar-refractivity contribution < 1.29 is 9.90 Å². The Balaban J connectivity index is 2.44. The minimum absolute atomic E-state index is 0.228. The number of anilines is 2. The molecule has 1 aromatic heterocycles. The van der Waals surface area contributed by atoms with E-state index in [-0.39, 0.29) is 11.7 Å². The van der Waals surface area contributed by atoms with Gasteiger partial charge in [0.2, 0.25) is 0 Å². The van der Waals surface area contributed by atoms with E-state index in [1.54, 1.807) is 6.07 Å². The minimum atomic E-state index is -1.06. The van der Waals surface area contributed by atoms with Gasteiger partial charge in [-0.05, 0) is 6.07 Å². The van der Waals surface area contributed by atoms with Crippen LogP contribution in [0.15, 0.2) is 12.3 Å². The molecule has 0 saturated carbocycles. The highest BCUT2D eigenvalue weighted by molar-refractivity contribution is 6.32. The third kappa shape index (κ3) is 3.51. The van der Waals surface area contributed by atoms with Crippen molar-refractivity contribution in [3.05, 3.63) is 17.4 Å². The summed E-state index contributed by atoms with van der Waals surface area (Å²) in [6.45, 7) is 0.714. The SMILES string of the molecule is Nc1c(NCCNC(=O)O)ccnc1Cl. The van der Waals surface area contributed by atoms with Crippen LogP contribution in [0.5, 0.6) is 0 Å². The second-order valence-electron chi connectivity index (χ2n) is 2.72. The summed E-state index contributed by atoms with van der Waals surface area (Å²) in [4.78, 5) is 13.9. The van der Waals surface area contributed by atoms with Crippen LogP contribution >= 0.6 is 11.6 Å². The van der Waals surface area contributed by atoms with Crippen LogP contribution in [0.25, 0.3) is 0 Å². The summed E-state index contributed by atoms with van der Waals surface area (Å²) in [7, 11) is 0. The van der Waals surface area contributed by atoms with Crippen LogP contribution in [0, 0.1) is 0 Å². The first-order valence-electron chi connectivity index (χ1n) is 4.22. The lowest BCUT2D eigenvalue weighted by Gasteiger charge is -2.09. The second kappa shape index (κ2) is 5.26. The highest BCUT2D eigenvalue weighted by Gasteiger charge is 2.02. The molecule has 0 unspecified atom stereocenters. The molecule has 0 aliphatic rings. The number of hydrogen-bond acceptors (Lipinski definition) is 4. The van der Waals surface area contributed by atoms with E-state index in [1.165, 1.54) is 6.20 Å². The van der Waals surface area contributed by atoms with Crippen LogP contribution in [0.4, 0.5) is 16.2 Å². The molecule has 5 N–H and O–H groups in total. The number of nitrogens with one attached hydrogen (secondary N) is 2. The van der Waals surface area contributed by atoms with Crippen LogP contribution in [-0.2, 0) is 0 Å². The molecule has 0 bridgehead atoms. The number of hydrogen-bond donors (Lipinski definition) is 4. The van der Waals surface area contributed by atoms with Gasteiger partial charge < -0.3 is 21.5 Å². The van der Waals surface area contributed by atoms with Crippen molar-refractivity contribution >= 4 is 29.1 Å². The van der Waals surface area contributed by atoms with Crippen molar-refractivity contribution in [2.24, 2.45) is 0 Å².